The molecule has 0 aromatic heterocycles. The Kier molecular flexibility index (Phi) is 7.65. The lowest BCUT2D eigenvalue weighted by Crippen LogP contribution is -2.45. The molecule has 0 bridgehead atoms. The highest BCUT2D eigenvalue weighted by Crippen LogP contribution is 2.04. The van der Waals surface area contributed by atoms with Gasteiger partial charge in [-0.1, -0.05) is 60.7 Å². The summed E-state index contributed by atoms with van der Waals surface area (Å²) in [6, 6.07) is 16.8. The summed E-state index contributed by atoms with van der Waals surface area (Å²) >= 11 is 0. The van der Waals surface area contributed by atoms with Gasteiger partial charge in [0.25, 0.3) is 0 Å². The van der Waals surface area contributed by atoms with Crippen LogP contribution in [-0.2, 0) is 32.2 Å². The van der Waals surface area contributed by atoms with E-state index in [9.17, 15) is 14.4 Å². The van der Waals surface area contributed by atoms with Crippen molar-refractivity contribution in [2.24, 2.45) is 5.73 Å². The largest absolute Gasteiger partial charge is 0.459 e. The second kappa shape index (κ2) is 10.4. The van der Waals surface area contributed by atoms with Crippen LogP contribution in [0.3, 0.4) is 0 Å². The minimum absolute atomic E-state index is 0.00743. The zero-order chi connectivity index (χ0) is 19.5. The van der Waals surface area contributed by atoms with Crippen molar-refractivity contribution in [2.75, 3.05) is 6.61 Å². The molecule has 0 saturated heterocycles. The van der Waals surface area contributed by atoms with Gasteiger partial charge in [-0.3, -0.25) is 0 Å². The molecule has 142 valence electrons. The molecule has 1 atom stereocenters. The molecule has 0 aliphatic heterocycles. The zero-order valence-electron chi connectivity index (χ0n) is 14.5. The molecule has 0 saturated carbocycles. The average molecular weight is 372 g/mol. The third-order valence-corrected chi connectivity index (χ3v) is 3.41. The summed E-state index contributed by atoms with van der Waals surface area (Å²) in [7, 11) is 0. The predicted octanol–water partition coefficient (Wildman–Crippen LogP) is 2.12. The monoisotopic (exact) mass is 372 g/mol. The highest BCUT2D eigenvalue weighted by molar-refractivity contribution is 5.81. The molecule has 0 unspecified atom stereocenters. The molecule has 8 nitrogen and oxygen atoms in total. The van der Waals surface area contributed by atoms with Crippen molar-refractivity contribution in [3.05, 3.63) is 71.8 Å². The number of carbonyl (C=O) groups excluding carboxylic acids is 3. The van der Waals surface area contributed by atoms with E-state index in [0.29, 0.717) is 0 Å². The van der Waals surface area contributed by atoms with Gasteiger partial charge in [0.2, 0.25) is 0 Å². The fourth-order valence-electron chi connectivity index (χ4n) is 2.07. The Hall–Kier alpha value is -3.55. The Morgan fingerprint density at radius 3 is 1.85 bits per heavy atom. The predicted molar refractivity (Wildman–Crippen MR) is 95.3 cm³/mol. The minimum atomic E-state index is -1.25. The van der Waals surface area contributed by atoms with Crippen molar-refractivity contribution in [1.29, 1.82) is 0 Å². The number of nitrogens with one attached hydrogen (secondary N) is 1. The van der Waals surface area contributed by atoms with Gasteiger partial charge in [0, 0.05) is 0 Å². The third kappa shape index (κ3) is 7.47. The maximum Gasteiger partial charge on any atom is 0.408 e. The summed E-state index contributed by atoms with van der Waals surface area (Å²) in [4.78, 5) is 35.0. The second-order valence-corrected chi connectivity index (χ2v) is 5.48. The second-order valence-electron chi connectivity index (χ2n) is 5.48. The Morgan fingerprint density at radius 1 is 0.815 bits per heavy atom. The number of alkyl carbamates (subject to hydrolysis) is 1. The van der Waals surface area contributed by atoms with Crippen LogP contribution >= 0.6 is 0 Å². The van der Waals surface area contributed by atoms with Crippen LogP contribution in [0.2, 0.25) is 0 Å². The van der Waals surface area contributed by atoms with Gasteiger partial charge in [0.15, 0.2) is 6.04 Å². The Labute approximate surface area is 156 Å². The number of benzene rings is 2. The number of ether oxygens (including phenoxy) is 3. The van der Waals surface area contributed by atoms with Gasteiger partial charge < -0.3 is 25.3 Å². The van der Waals surface area contributed by atoms with Crippen LogP contribution in [0.15, 0.2) is 60.7 Å². The number of hydrogen-bond acceptors (Lipinski definition) is 6. The van der Waals surface area contributed by atoms with Crippen LogP contribution in [-0.4, -0.2) is 30.8 Å². The van der Waals surface area contributed by atoms with Crippen molar-refractivity contribution in [2.45, 2.75) is 19.3 Å². The summed E-state index contributed by atoms with van der Waals surface area (Å²) < 4.78 is 14.8. The highest BCUT2D eigenvalue weighted by Gasteiger charge is 2.24. The first kappa shape index (κ1) is 19.8. The molecule has 3 N–H and O–H groups in total. The molecule has 27 heavy (non-hydrogen) atoms. The fraction of sp³-hybridized carbons (Fsp3) is 0.211. The summed E-state index contributed by atoms with van der Waals surface area (Å²) in [5.74, 6) is -0.781. The maximum absolute atomic E-state index is 12.2. The van der Waals surface area contributed by atoms with Gasteiger partial charge in [-0.25, -0.2) is 14.4 Å². The van der Waals surface area contributed by atoms with Crippen LogP contribution in [0.4, 0.5) is 9.59 Å². The molecule has 2 aromatic carbocycles. The molecule has 2 rings (SSSR count). The Morgan fingerprint density at radius 2 is 1.33 bits per heavy atom. The third-order valence-electron chi connectivity index (χ3n) is 3.41. The van der Waals surface area contributed by atoms with Crippen LogP contribution in [0.1, 0.15) is 11.1 Å². The van der Waals surface area contributed by atoms with E-state index in [0.717, 1.165) is 11.1 Å². The van der Waals surface area contributed by atoms with Crippen molar-refractivity contribution < 1.29 is 28.6 Å². The number of hydrogen-bond donors (Lipinski definition) is 2. The molecular weight excluding hydrogens is 352 g/mol. The van der Waals surface area contributed by atoms with E-state index >= 15 is 0 Å². The Balaban J connectivity index is 1.88. The molecular formula is C19H20N2O6. The van der Waals surface area contributed by atoms with Gasteiger partial charge >= 0.3 is 18.2 Å². The van der Waals surface area contributed by atoms with E-state index in [1.165, 1.54) is 0 Å². The topological polar surface area (TPSA) is 117 Å². The molecule has 0 aliphatic carbocycles. The van der Waals surface area contributed by atoms with Gasteiger partial charge in [-0.05, 0) is 11.1 Å². The van der Waals surface area contributed by atoms with Crippen molar-refractivity contribution >= 4 is 18.2 Å². The first-order valence-electron chi connectivity index (χ1n) is 8.14. The number of rotatable bonds is 8. The lowest BCUT2D eigenvalue weighted by atomic mass is 10.2. The quantitative estimate of drug-likeness (QED) is 0.541. The van der Waals surface area contributed by atoms with Crippen molar-refractivity contribution in [1.82, 2.24) is 5.32 Å². The molecule has 8 heteroatoms. The fourth-order valence-corrected chi connectivity index (χ4v) is 2.07. The lowest BCUT2D eigenvalue weighted by Gasteiger charge is -2.17. The van der Waals surface area contributed by atoms with Crippen molar-refractivity contribution in [3.63, 3.8) is 0 Å². The standard InChI is InChI=1S/C19H20N2O6/c20-18(23)26-13-16(17(22)25-11-14-7-3-1-4-8-14)21-19(24)27-12-15-9-5-2-6-10-15/h1-10,16H,11-13H2,(H2,20,23)(H,21,24)/t16-/m1/s1. The first-order valence-corrected chi connectivity index (χ1v) is 8.14. The number of primary amides is 1. The van der Waals surface area contributed by atoms with E-state index < -0.39 is 30.8 Å². The van der Waals surface area contributed by atoms with E-state index in [-0.39, 0.29) is 13.2 Å². The molecule has 0 radical (unpaired) electrons. The number of esters is 1. The van der Waals surface area contributed by atoms with Gasteiger partial charge in [0.05, 0.1) is 0 Å². The number of nitrogens with two attached hydrogens (primary N) is 1. The first-order chi connectivity index (χ1) is 13.0. The summed E-state index contributed by atoms with van der Waals surface area (Å²) in [6.45, 7) is -0.438. The van der Waals surface area contributed by atoms with Gasteiger partial charge in [-0.15, -0.1) is 0 Å². The molecule has 0 spiro atoms. The van der Waals surface area contributed by atoms with Gasteiger partial charge in [0.1, 0.15) is 19.8 Å². The normalized spacial score (nSPS) is 11.1. The molecule has 2 amide bonds. The van der Waals surface area contributed by atoms with E-state index in [1.807, 2.05) is 12.1 Å². The Bertz CT molecular complexity index is 751. The van der Waals surface area contributed by atoms with E-state index in [4.69, 9.17) is 15.2 Å². The number of carbonyl (C=O) groups is 3. The minimum Gasteiger partial charge on any atom is -0.459 e. The maximum atomic E-state index is 12.2. The zero-order valence-corrected chi connectivity index (χ0v) is 14.5. The lowest BCUT2D eigenvalue weighted by molar-refractivity contribution is -0.148. The molecule has 0 fully saturated rings. The van der Waals surface area contributed by atoms with Gasteiger partial charge in [-0.2, -0.15) is 0 Å². The van der Waals surface area contributed by atoms with E-state index in [2.05, 4.69) is 10.1 Å². The van der Waals surface area contributed by atoms with Crippen LogP contribution < -0.4 is 11.1 Å². The number of amides is 2. The summed E-state index contributed by atoms with van der Waals surface area (Å²) in [5.41, 5.74) is 6.47. The van der Waals surface area contributed by atoms with Crippen LogP contribution in [0.25, 0.3) is 0 Å². The SMILES string of the molecule is NC(=O)OC[C@@H](NC(=O)OCc1ccccc1)C(=O)OCc1ccccc1. The smallest absolute Gasteiger partial charge is 0.408 e. The van der Waals surface area contributed by atoms with E-state index in [1.54, 1.807) is 48.5 Å². The molecule has 0 heterocycles. The van der Waals surface area contributed by atoms with Crippen LogP contribution in [0.5, 0.6) is 0 Å². The van der Waals surface area contributed by atoms with Crippen molar-refractivity contribution in [3.8, 4) is 0 Å². The summed E-state index contributed by atoms with van der Waals surface area (Å²) in [5, 5.41) is 2.31. The summed E-state index contributed by atoms with van der Waals surface area (Å²) in [6.07, 6.45) is -1.93. The highest BCUT2D eigenvalue weighted by atomic mass is 16.6. The molecule has 0 aliphatic rings. The van der Waals surface area contributed by atoms with Crippen LogP contribution in [0, 0.1) is 0 Å². The average Bonchev–Trinajstić information content (AvgIpc) is 2.69. The molecule has 2 aromatic rings.